The number of aryl methyl sites for hydroxylation is 1. The largest absolute Gasteiger partial charge is 0.477 e. The van der Waals surface area contributed by atoms with Gasteiger partial charge >= 0.3 is 5.97 Å². The number of thiophene rings is 1. The minimum Gasteiger partial charge on any atom is -0.477 e. The lowest BCUT2D eigenvalue weighted by atomic mass is 9.80. The van der Waals surface area contributed by atoms with Gasteiger partial charge in [0.2, 0.25) is 0 Å². The van der Waals surface area contributed by atoms with E-state index in [2.05, 4.69) is 12.2 Å². The number of aromatic carboxylic acids is 1. The van der Waals surface area contributed by atoms with Gasteiger partial charge in [-0.25, -0.2) is 4.79 Å². The SMILES string of the molecule is Cc1sc(C(=O)O)cc1CNC(C)C1CCC1. The van der Waals surface area contributed by atoms with Gasteiger partial charge in [0.15, 0.2) is 0 Å². The van der Waals surface area contributed by atoms with Gasteiger partial charge in [0, 0.05) is 17.5 Å². The van der Waals surface area contributed by atoms with Crippen molar-refractivity contribution >= 4 is 17.3 Å². The summed E-state index contributed by atoms with van der Waals surface area (Å²) in [6.45, 7) is 5.00. The van der Waals surface area contributed by atoms with Gasteiger partial charge in [-0.05, 0) is 44.2 Å². The van der Waals surface area contributed by atoms with E-state index in [0.29, 0.717) is 10.9 Å². The molecule has 17 heavy (non-hydrogen) atoms. The minimum absolute atomic E-state index is 0.440. The van der Waals surface area contributed by atoms with E-state index in [1.807, 2.05) is 6.92 Å². The zero-order valence-corrected chi connectivity index (χ0v) is 11.1. The first-order valence-electron chi connectivity index (χ1n) is 6.14. The normalized spacial score (nSPS) is 17.8. The van der Waals surface area contributed by atoms with E-state index in [9.17, 15) is 4.79 Å². The first-order valence-corrected chi connectivity index (χ1v) is 6.95. The quantitative estimate of drug-likeness (QED) is 0.848. The Labute approximate surface area is 106 Å². The standard InChI is InChI=1S/C13H19NO2S/c1-8(10-4-3-5-10)14-7-11-6-12(13(15)16)17-9(11)2/h6,8,10,14H,3-5,7H2,1-2H3,(H,15,16). The van der Waals surface area contributed by atoms with E-state index in [0.717, 1.165) is 22.9 Å². The van der Waals surface area contributed by atoms with E-state index >= 15 is 0 Å². The fourth-order valence-corrected chi connectivity index (χ4v) is 3.06. The topological polar surface area (TPSA) is 49.3 Å². The van der Waals surface area contributed by atoms with Crippen molar-refractivity contribution in [1.29, 1.82) is 0 Å². The molecule has 2 N–H and O–H groups in total. The maximum Gasteiger partial charge on any atom is 0.345 e. The first kappa shape index (κ1) is 12.6. The van der Waals surface area contributed by atoms with E-state index in [1.54, 1.807) is 6.07 Å². The molecule has 0 aromatic carbocycles. The van der Waals surface area contributed by atoms with Crippen LogP contribution in [-0.2, 0) is 6.54 Å². The summed E-state index contributed by atoms with van der Waals surface area (Å²) >= 11 is 1.36. The highest BCUT2D eigenvalue weighted by molar-refractivity contribution is 7.14. The van der Waals surface area contributed by atoms with Crippen LogP contribution in [0.2, 0.25) is 0 Å². The number of carboxylic acid groups (broad SMARTS) is 1. The van der Waals surface area contributed by atoms with E-state index in [4.69, 9.17) is 5.11 Å². The van der Waals surface area contributed by atoms with Crippen molar-refractivity contribution in [2.24, 2.45) is 5.92 Å². The Balaban J connectivity index is 1.91. The zero-order chi connectivity index (χ0) is 12.4. The molecule has 1 unspecified atom stereocenters. The summed E-state index contributed by atoms with van der Waals surface area (Å²) in [6, 6.07) is 2.33. The smallest absolute Gasteiger partial charge is 0.345 e. The second-order valence-corrected chi connectivity index (χ2v) is 6.11. The Morgan fingerprint density at radius 2 is 2.35 bits per heavy atom. The number of hydrogen-bond acceptors (Lipinski definition) is 3. The van der Waals surface area contributed by atoms with Crippen LogP contribution in [0.3, 0.4) is 0 Å². The highest BCUT2D eigenvalue weighted by atomic mass is 32.1. The molecule has 1 aromatic rings. The highest BCUT2D eigenvalue weighted by Gasteiger charge is 2.23. The molecule has 1 saturated carbocycles. The van der Waals surface area contributed by atoms with Crippen molar-refractivity contribution in [3.05, 3.63) is 21.4 Å². The van der Waals surface area contributed by atoms with Crippen LogP contribution in [0.15, 0.2) is 6.07 Å². The Bertz CT molecular complexity index is 410. The Morgan fingerprint density at radius 1 is 1.65 bits per heavy atom. The van der Waals surface area contributed by atoms with Crippen molar-refractivity contribution in [1.82, 2.24) is 5.32 Å². The molecule has 0 saturated heterocycles. The van der Waals surface area contributed by atoms with E-state index in [-0.39, 0.29) is 0 Å². The van der Waals surface area contributed by atoms with Crippen LogP contribution in [0.25, 0.3) is 0 Å². The van der Waals surface area contributed by atoms with Crippen molar-refractivity contribution in [3.8, 4) is 0 Å². The number of carboxylic acids is 1. The Hall–Kier alpha value is -0.870. The summed E-state index contributed by atoms with van der Waals surface area (Å²) in [5, 5.41) is 12.4. The third kappa shape index (κ3) is 2.87. The number of nitrogens with one attached hydrogen (secondary N) is 1. The molecule has 0 aliphatic heterocycles. The lowest BCUT2D eigenvalue weighted by molar-refractivity contribution is 0.0702. The summed E-state index contributed by atoms with van der Waals surface area (Å²) in [4.78, 5) is 12.4. The van der Waals surface area contributed by atoms with Gasteiger partial charge in [-0.3, -0.25) is 0 Å². The molecule has 1 heterocycles. The molecule has 4 heteroatoms. The van der Waals surface area contributed by atoms with Crippen molar-refractivity contribution in [2.75, 3.05) is 0 Å². The monoisotopic (exact) mass is 253 g/mol. The summed E-state index contributed by atoms with van der Waals surface area (Å²) < 4.78 is 0. The van der Waals surface area contributed by atoms with Gasteiger partial charge in [-0.1, -0.05) is 6.42 Å². The maximum atomic E-state index is 10.9. The van der Waals surface area contributed by atoms with Crippen LogP contribution < -0.4 is 5.32 Å². The molecule has 0 bridgehead atoms. The summed E-state index contributed by atoms with van der Waals surface area (Å²) in [5.74, 6) is -0.00993. The average Bonchev–Trinajstić information content (AvgIpc) is 2.54. The molecule has 1 fully saturated rings. The summed E-state index contributed by atoms with van der Waals surface area (Å²) in [7, 11) is 0. The van der Waals surface area contributed by atoms with Gasteiger partial charge in [-0.2, -0.15) is 0 Å². The molecule has 0 radical (unpaired) electrons. The number of hydrogen-bond donors (Lipinski definition) is 2. The highest BCUT2D eigenvalue weighted by Crippen LogP contribution is 2.29. The average molecular weight is 253 g/mol. The lowest BCUT2D eigenvalue weighted by Crippen LogP contribution is -2.36. The third-order valence-electron chi connectivity index (χ3n) is 3.70. The molecule has 1 aromatic heterocycles. The van der Waals surface area contributed by atoms with Gasteiger partial charge in [0.25, 0.3) is 0 Å². The molecule has 2 rings (SSSR count). The van der Waals surface area contributed by atoms with Crippen LogP contribution in [0, 0.1) is 12.8 Å². The Morgan fingerprint density at radius 3 is 2.82 bits per heavy atom. The number of rotatable bonds is 5. The first-order chi connectivity index (χ1) is 8.08. The van der Waals surface area contributed by atoms with Crippen LogP contribution in [0.5, 0.6) is 0 Å². The number of carbonyl (C=O) groups is 1. The van der Waals surface area contributed by atoms with Crippen molar-refractivity contribution < 1.29 is 9.90 Å². The van der Waals surface area contributed by atoms with Gasteiger partial charge < -0.3 is 10.4 Å². The van der Waals surface area contributed by atoms with E-state index < -0.39 is 5.97 Å². The third-order valence-corrected chi connectivity index (χ3v) is 4.78. The predicted molar refractivity (Wildman–Crippen MR) is 69.7 cm³/mol. The zero-order valence-electron chi connectivity index (χ0n) is 10.3. The molecule has 0 spiro atoms. The Kier molecular flexibility index (Phi) is 3.84. The van der Waals surface area contributed by atoms with Crippen LogP contribution >= 0.6 is 11.3 Å². The van der Waals surface area contributed by atoms with Gasteiger partial charge in [-0.15, -0.1) is 11.3 Å². The predicted octanol–water partition coefficient (Wildman–Crippen LogP) is 3.03. The summed E-state index contributed by atoms with van der Waals surface area (Å²) in [6.07, 6.45) is 4.02. The van der Waals surface area contributed by atoms with Gasteiger partial charge in [0.05, 0.1) is 0 Å². The van der Waals surface area contributed by atoms with Crippen molar-refractivity contribution in [2.45, 2.75) is 45.7 Å². The van der Waals surface area contributed by atoms with Crippen LogP contribution in [0.4, 0.5) is 0 Å². The van der Waals surface area contributed by atoms with Crippen molar-refractivity contribution in [3.63, 3.8) is 0 Å². The summed E-state index contributed by atoms with van der Waals surface area (Å²) in [5.41, 5.74) is 1.12. The second kappa shape index (κ2) is 5.19. The molecule has 1 atom stereocenters. The molecular formula is C13H19NO2S. The van der Waals surface area contributed by atoms with Crippen LogP contribution in [0.1, 0.15) is 46.3 Å². The molecular weight excluding hydrogens is 234 g/mol. The van der Waals surface area contributed by atoms with Crippen LogP contribution in [-0.4, -0.2) is 17.1 Å². The molecule has 94 valence electrons. The molecule has 1 aliphatic rings. The molecule has 0 amide bonds. The van der Waals surface area contributed by atoms with Gasteiger partial charge in [0.1, 0.15) is 4.88 Å². The lowest BCUT2D eigenvalue weighted by Gasteiger charge is -2.32. The second-order valence-electron chi connectivity index (χ2n) is 4.86. The minimum atomic E-state index is -0.823. The molecule has 3 nitrogen and oxygen atoms in total. The van der Waals surface area contributed by atoms with E-state index in [1.165, 1.54) is 30.6 Å². The fraction of sp³-hybridized carbons (Fsp3) is 0.615. The fourth-order valence-electron chi connectivity index (χ4n) is 2.18. The molecule has 1 aliphatic carbocycles. The maximum absolute atomic E-state index is 10.9.